The Morgan fingerprint density at radius 2 is 1.83 bits per heavy atom. The number of benzene rings is 1. The maximum atomic E-state index is 4.45. The minimum atomic E-state index is 0.637. The van der Waals surface area contributed by atoms with E-state index in [4.69, 9.17) is 0 Å². The van der Waals surface area contributed by atoms with Crippen molar-refractivity contribution in [3.63, 3.8) is 0 Å². The van der Waals surface area contributed by atoms with Gasteiger partial charge in [0.15, 0.2) is 0 Å². The van der Waals surface area contributed by atoms with Crippen LogP contribution in [0.25, 0.3) is 11.3 Å². The highest BCUT2D eigenvalue weighted by molar-refractivity contribution is 5.59. The zero-order chi connectivity index (χ0) is 12.4. The van der Waals surface area contributed by atoms with Gasteiger partial charge in [-0.2, -0.15) is 5.10 Å². The molecule has 0 atom stereocenters. The summed E-state index contributed by atoms with van der Waals surface area (Å²) in [5, 5.41) is 11.1. The molecule has 3 nitrogen and oxygen atoms in total. The number of piperidine rings is 1. The van der Waals surface area contributed by atoms with E-state index in [2.05, 4.69) is 52.8 Å². The molecule has 0 radical (unpaired) electrons. The molecule has 0 spiro atoms. The highest BCUT2D eigenvalue weighted by Gasteiger charge is 2.17. The first-order chi connectivity index (χ1) is 8.83. The fourth-order valence-corrected chi connectivity index (χ4v) is 2.55. The predicted molar refractivity (Wildman–Crippen MR) is 73.6 cm³/mol. The molecule has 2 N–H and O–H groups in total. The summed E-state index contributed by atoms with van der Waals surface area (Å²) in [7, 11) is 0. The molecule has 0 saturated carbocycles. The second kappa shape index (κ2) is 4.94. The average Bonchev–Trinajstić information content (AvgIpc) is 2.90. The molecule has 1 aliphatic rings. The van der Waals surface area contributed by atoms with Crippen LogP contribution in [0.15, 0.2) is 30.3 Å². The molecule has 0 amide bonds. The molecule has 1 aliphatic heterocycles. The summed E-state index contributed by atoms with van der Waals surface area (Å²) in [4.78, 5) is 0. The van der Waals surface area contributed by atoms with Gasteiger partial charge in [0.2, 0.25) is 0 Å². The molecule has 18 heavy (non-hydrogen) atoms. The average molecular weight is 241 g/mol. The second-order valence-electron chi connectivity index (χ2n) is 5.10. The summed E-state index contributed by atoms with van der Waals surface area (Å²) < 4.78 is 0. The summed E-state index contributed by atoms with van der Waals surface area (Å²) in [6.07, 6.45) is 2.41. The van der Waals surface area contributed by atoms with Crippen molar-refractivity contribution in [3.8, 4) is 11.3 Å². The number of nitrogens with one attached hydrogen (secondary N) is 2. The van der Waals surface area contributed by atoms with Crippen LogP contribution in [0.2, 0.25) is 0 Å². The van der Waals surface area contributed by atoms with Gasteiger partial charge in [-0.3, -0.25) is 5.10 Å². The molecule has 0 aliphatic carbocycles. The van der Waals surface area contributed by atoms with Crippen LogP contribution < -0.4 is 5.32 Å². The summed E-state index contributed by atoms with van der Waals surface area (Å²) in [6.45, 7) is 4.34. The lowest BCUT2D eigenvalue weighted by Crippen LogP contribution is -2.26. The van der Waals surface area contributed by atoms with Gasteiger partial charge in [-0.15, -0.1) is 0 Å². The van der Waals surface area contributed by atoms with Crippen LogP contribution >= 0.6 is 0 Å². The Labute approximate surface area is 108 Å². The highest BCUT2D eigenvalue weighted by Crippen LogP contribution is 2.27. The summed E-state index contributed by atoms with van der Waals surface area (Å²) in [5.74, 6) is 0.637. The number of rotatable bonds is 2. The molecular weight excluding hydrogens is 222 g/mol. The van der Waals surface area contributed by atoms with Gasteiger partial charge in [0.05, 0.1) is 5.69 Å². The van der Waals surface area contributed by atoms with E-state index in [-0.39, 0.29) is 0 Å². The van der Waals surface area contributed by atoms with Gasteiger partial charge in [-0.1, -0.05) is 29.8 Å². The fourth-order valence-electron chi connectivity index (χ4n) is 2.55. The first-order valence-electron chi connectivity index (χ1n) is 6.66. The minimum Gasteiger partial charge on any atom is -0.317 e. The maximum Gasteiger partial charge on any atom is 0.0923 e. The number of H-pyrrole nitrogens is 1. The van der Waals surface area contributed by atoms with E-state index in [0.717, 1.165) is 18.8 Å². The third kappa shape index (κ3) is 2.31. The quantitative estimate of drug-likeness (QED) is 0.848. The number of hydrogen-bond acceptors (Lipinski definition) is 2. The van der Waals surface area contributed by atoms with Crippen LogP contribution in [0.3, 0.4) is 0 Å². The Balaban J connectivity index is 1.82. The van der Waals surface area contributed by atoms with E-state index in [9.17, 15) is 0 Å². The molecule has 0 bridgehead atoms. The number of nitrogens with zero attached hydrogens (tertiary/aromatic N) is 1. The van der Waals surface area contributed by atoms with Crippen LogP contribution in [0.4, 0.5) is 0 Å². The topological polar surface area (TPSA) is 40.7 Å². The van der Waals surface area contributed by atoms with Crippen molar-refractivity contribution in [2.24, 2.45) is 0 Å². The smallest absolute Gasteiger partial charge is 0.0923 e. The molecule has 1 fully saturated rings. The van der Waals surface area contributed by atoms with E-state index in [1.54, 1.807) is 0 Å². The van der Waals surface area contributed by atoms with Gasteiger partial charge in [0, 0.05) is 17.2 Å². The summed E-state index contributed by atoms with van der Waals surface area (Å²) in [5.41, 5.74) is 4.82. The van der Waals surface area contributed by atoms with Crippen LogP contribution in [-0.4, -0.2) is 23.3 Å². The first kappa shape index (κ1) is 11.5. The third-order valence-corrected chi connectivity index (χ3v) is 3.72. The maximum absolute atomic E-state index is 4.45. The van der Waals surface area contributed by atoms with E-state index < -0.39 is 0 Å². The molecular formula is C15H19N3. The van der Waals surface area contributed by atoms with Crippen LogP contribution in [0.5, 0.6) is 0 Å². The van der Waals surface area contributed by atoms with Crippen LogP contribution in [0.1, 0.15) is 30.0 Å². The fraction of sp³-hybridized carbons (Fsp3) is 0.400. The van der Waals surface area contributed by atoms with Crippen molar-refractivity contribution in [2.45, 2.75) is 25.7 Å². The van der Waals surface area contributed by atoms with Gasteiger partial charge in [0.1, 0.15) is 0 Å². The lowest BCUT2D eigenvalue weighted by molar-refractivity contribution is 0.453. The van der Waals surface area contributed by atoms with Crippen LogP contribution in [0, 0.1) is 6.92 Å². The SMILES string of the molecule is Cc1ccc(-c2cc(C3CCNCC3)[nH]n2)cc1. The molecule has 1 saturated heterocycles. The van der Waals surface area contributed by atoms with Crippen molar-refractivity contribution in [3.05, 3.63) is 41.6 Å². The first-order valence-corrected chi connectivity index (χ1v) is 6.66. The lowest BCUT2D eigenvalue weighted by Gasteiger charge is -2.20. The molecule has 3 heteroatoms. The third-order valence-electron chi connectivity index (χ3n) is 3.72. The molecule has 0 unspecified atom stereocenters. The zero-order valence-electron chi connectivity index (χ0n) is 10.7. The normalized spacial score (nSPS) is 16.9. The second-order valence-corrected chi connectivity index (χ2v) is 5.10. The van der Waals surface area contributed by atoms with Gasteiger partial charge in [0.25, 0.3) is 0 Å². The predicted octanol–water partition coefficient (Wildman–Crippen LogP) is 2.85. The van der Waals surface area contributed by atoms with E-state index in [1.165, 1.54) is 29.7 Å². The van der Waals surface area contributed by atoms with Crippen molar-refractivity contribution in [1.29, 1.82) is 0 Å². The largest absolute Gasteiger partial charge is 0.317 e. The molecule has 1 aromatic heterocycles. The van der Waals surface area contributed by atoms with Crippen molar-refractivity contribution >= 4 is 0 Å². The lowest BCUT2D eigenvalue weighted by atomic mass is 9.94. The Morgan fingerprint density at radius 3 is 2.56 bits per heavy atom. The van der Waals surface area contributed by atoms with Gasteiger partial charge in [-0.05, 0) is 38.9 Å². The Hall–Kier alpha value is -1.61. The number of hydrogen-bond donors (Lipinski definition) is 2. The molecule has 3 rings (SSSR count). The summed E-state index contributed by atoms with van der Waals surface area (Å²) in [6, 6.07) is 10.7. The minimum absolute atomic E-state index is 0.637. The highest BCUT2D eigenvalue weighted by atomic mass is 15.1. The van der Waals surface area contributed by atoms with Gasteiger partial charge < -0.3 is 5.32 Å². The monoisotopic (exact) mass is 241 g/mol. The van der Waals surface area contributed by atoms with E-state index in [1.807, 2.05) is 0 Å². The molecule has 1 aromatic carbocycles. The van der Waals surface area contributed by atoms with Gasteiger partial charge in [-0.25, -0.2) is 0 Å². The van der Waals surface area contributed by atoms with E-state index >= 15 is 0 Å². The standard InChI is InChI=1S/C15H19N3/c1-11-2-4-12(5-3-11)14-10-15(18-17-14)13-6-8-16-9-7-13/h2-5,10,13,16H,6-9H2,1H3,(H,17,18). The van der Waals surface area contributed by atoms with E-state index in [0.29, 0.717) is 5.92 Å². The number of aromatic nitrogens is 2. The molecule has 2 aromatic rings. The Kier molecular flexibility index (Phi) is 3.15. The van der Waals surface area contributed by atoms with Gasteiger partial charge >= 0.3 is 0 Å². The molecule has 94 valence electrons. The summed E-state index contributed by atoms with van der Waals surface area (Å²) >= 11 is 0. The zero-order valence-corrected chi connectivity index (χ0v) is 10.7. The Bertz CT molecular complexity index is 507. The Morgan fingerprint density at radius 1 is 1.11 bits per heavy atom. The number of aromatic amines is 1. The van der Waals surface area contributed by atoms with Crippen molar-refractivity contribution < 1.29 is 0 Å². The van der Waals surface area contributed by atoms with Crippen molar-refractivity contribution in [2.75, 3.05) is 13.1 Å². The van der Waals surface area contributed by atoms with Crippen molar-refractivity contribution in [1.82, 2.24) is 15.5 Å². The molecule has 2 heterocycles. The number of aryl methyl sites for hydroxylation is 1. The van der Waals surface area contributed by atoms with Crippen LogP contribution in [-0.2, 0) is 0 Å².